The molecule has 1 aromatic rings. The van der Waals surface area contributed by atoms with Gasteiger partial charge in [0.15, 0.2) is 0 Å². The summed E-state index contributed by atoms with van der Waals surface area (Å²) in [4.78, 5) is 23.8. The smallest absolute Gasteiger partial charge is 0.342 e. The lowest BCUT2D eigenvalue weighted by molar-refractivity contribution is 0.470. The summed E-state index contributed by atoms with van der Waals surface area (Å²) in [5.74, 6) is 0.158. The third-order valence-electron chi connectivity index (χ3n) is 1.83. The molecule has 0 unspecified atom stereocenters. The Morgan fingerprint density at radius 3 is 2.69 bits per heavy atom. The summed E-state index contributed by atoms with van der Waals surface area (Å²) in [6.07, 6.45) is 0. The molecular formula is C6H9N5O2. The molecule has 1 aliphatic rings. The van der Waals surface area contributed by atoms with Crippen LogP contribution in [-0.2, 0) is 0 Å². The molecular weight excluding hydrogens is 174 g/mol. The van der Waals surface area contributed by atoms with Crippen LogP contribution in [0.15, 0.2) is 9.59 Å². The predicted molar refractivity (Wildman–Crippen MR) is 45.8 cm³/mol. The molecule has 1 aromatic heterocycles. The molecule has 7 nitrogen and oxygen atoms in total. The van der Waals surface area contributed by atoms with Crippen molar-refractivity contribution in [1.82, 2.24) is 20.5 Å². The number of H-pyrrole nitrogens is 2. The molecule has 13 heavy (non-hydrogen) atoms. The predicted octanol–water partition coefficient (Wildman–Crippen LogP) is -2.16. The van der Waals surface area contributed by atoms with E-state index < -0.39 is 11.2 Å². The van der Waals surface area contributed by atoms with Crippen LogP contribution in [0, 0.1) is 0 Å². The number of hydrogen-bond acceptors (Lipinski definition) is 5. The first kappa shape index (κ1) is 7.99. The van der Waals surface area contributed by atoms with Crippen LogP contribution in [0.4, 0.5) is 5.82 Å². The van der Waals surface area contributed by atoms with E-state index in [2.05, 4.69) is 25.8 Å². The van der Waals surface area contributed by atoms with E-state index >= 15 is 0 Å². The lowest BCUT2D eigenvalue weighted by Crippen LogP contribution is -2.52. The van der Waals surface area contributed by atoms with E-state index in [-0.39, 0.29) is 11.9 Å². The quantitative estimate of drug-likeness (QED) is 0.418. The highest BCUT2D eigenvalue weighted by Crippen LogP contribution is 1.97. The van der Waals surface area contributed by atoms with Gasteiger partial charge in [-0.05, 0) is 0 Å². The van der Waals surface area contributed by atoms with Gasteiger partial charge in [-0.2, -0.15) is 0 Å². The molecule has 70 valence electrons. The summed E-state index contributed by atoms with van der Waals surface area (Å²) >= 11 is 0. The maximum atomic E-state index is 11.1. The highest BCUT2D eigenvalue weighted by Gasteiger charge is 2.17. The second-order valence-corrected chi connectivity index (χ2v) is 2.85. The molecule has 0 amide bonds. The topological polar surface area (TPSA) is 103 Å². The van der Waals surface area contributed by atoms with Gasteiger partial charge in [0.2, 0.25) is 5.82 Å². The van der Waals surface area contributed by atoms with Crippen LogP contribution >= 0.6 is 0 Å². The normalized spacial score (nSPS) is 16.6. The number of nitrogens with zero attached hydrogens (tertiary/aromatic N) is 1. The van der Waals surface area contributed by atoms with Gasteiger partial charge < -0.3 is 10.6 Å². The van der Waals surface area contributed by atoms with Gasteiger partial charge >= 0.3 is 5.69 Å². The lowest BCUT2D eigenvalue weighted by atomic mass is 10.2. The Bertz CT molecular complexity index is 404. The third kappa shape index (κ3) is 1.59. The largest absolute Gasteiger partial charge is 0.359 e. The number of hydrogen-bond donors (Lipinski definition) is 4. The maximum Gasteiger partial charge on any atom is 0.342 e. The Hall–Kier alpha value is -1.63. The Morgan fingerprint density at radius 1 is 1.38 bits per heavy atom. The molecule has 0 saturated carbocycles. The van der Waals surface area contributed by atoms with Gasteiger partial charge in [-0.15, -0.1) is 5.10 Å². The van der Waals surface area contributed by atoms with Gasteiger partial charge in [0, 0.05) is 13.1 Å². The second-order valence-electron chi connectivity index (χ2n) is 2.85. The monoisotopic (exact) mass is 183 g/mol. The zero-order valence-electron chi connectivity index (χ0n) is 6.76. The molecule has 0 aliphatic carbocycles. The summed E-state index contributed by atoms with van der Waals surface area (Å²) in [6.45, 7) is 1.61. The second kappa shape index (κ2) is 3.02. The fourth-order valence-electron chi connectivity index (χ4n) is 1.03. The van der Waals surface area contributed by atoms with Crippen molar-refractivity contribution < 1.29 is 0 Å². The summed E-state index contributed by atoms with van der Waals surface area (Å²) in [6, 6.07) is 0.222. The molecule has 2 heterocycles. The Balaban J connectivity index is 2.20. The Morgan fingerprint density at radius 2 is 2.15 bits per heavy atom. The maximum absolute atomic E-state index is 11.1. The van der Waals surface area contributed by atoms with E-state index in [0.717, 1.165) is 13.1 Å². The van der Waals surface area contributed by atoms with Crippen LogP contribution in [0.2, 0.25) is 0 Å². The van der Waals surface area contributed by atoms with Crippen LogP contribution in [0.25, 0.3) is 0 Å². The van der Waals surface area contributed by atoms with Gasteiger partial charge in [-0.3, -0.25) is 9.78 Å². The Labute approximate surface area is 72.6 Å². The first-order valence-corrected chi connectivity index (χ1v) is 3.92. The minimum absolute atomic E-state index is 0.158. The van der Waals surface area contributed by atoms with Gasteiger partial charge in [0.25, 0.3) is 5.56 Å². The van der Waals surface area contributed by atoms with Crippen LogP contribution in [0.3, 0.4) is 0 Å². The van der Waals surface area contributed by atoms with E-state index in [1.54, 1.807) is 0 Å². The molecule has 2 rings (SSSR count). The molecule has 1 fully saturated rings. The number of aromatic nitrogens is 3. The van der Waals surface area contributed by atoms with Crippen molar-refractivity contribution in [3.05, 3.63) is 20.8 Å². The molecule has 0 spiro atoms. The first-order valence-electron chi connectivity index (χ1n) is 3.92. The molecule has 4 N–H and O–H groups in total. The van der Waals surface area contributed by atoms with Crippen molar-refractivity contribution in [1.29, 1.82) is 0 Å². The molecule has 0 radical (unpaired) electrons. The molecule has 0 atom stereocenters. The third-order valence-corrected chi connectivity index (χ3v) is 1.83. The first-order chi connectivity index (χ1) is 6.25. The number of rotatable bonds is 2. The highest BCUT2D eigenvalue weighted by atomic mass is 16.2. The van der Waals surface area contributed by atoms with Gasteiger partial charge in [0.1, 0.15) is 0 Å². The minimum atomic E-state index is -0.595. The van der Waals surface area contributed by atoms with E-state index in [4.69, 9.17) is 0 Å². The van der Waals surface area contributed by atoms with Crippen molar-refractivity contribution in [2.75, 3.05) is 18.4 Å². The van der Waals surface area contributed by atoms with Crippen molar-refractivity contribution in [2.24, 2.45) is 0 Å². The molecule has 0 bridgehead atoms. The average molecular weight is 183 g/mol. The van der Waals surface area contributed by atoms with Crippen molar-refractivity contribution >= 4 is 5.82 Å². The van der Waals surface area contributed by atoms with Gasteiger partial charge in [-0.1, -0.05) is 0 Å². The summed E-state index contributed by atoms with van der Waals surface area (Å²) < 4.78 is 0. The summed E-state index contributed by atoms with van der Waals surface area (Å²) in [5, 5.41) is 11.7. The Kier molecular flexibility index (Phi) is 1.85. The van der Waals surface area contributed by atoms with Crippen LogP contribution in [0.5, 0.6) is 0 Å². The molecule has 1 saturated heterocycles. The van der Waals surface area contributed by atoms with Crippen molar-refractivity contribution in [2.45, 2.75) is 6.04 Å². The highest BCUT2D eigenvalue weighted by molar-refractivity contribution is 5.31. The SMILES string of the molecule is O=c1[nH]nc(NC2CNC2)c(=O)[nH]1. The lowest BCUT2D eigenvalue weighted by Gasteiger charge is -2.27. The van der Waals surface area contributed by atoms with E-state index in [9.17, 15) is 9.59 Å². The van der Waals surface area contributed by atoms with Crippen molar-refractivity contribution in [3.8, 4) is 0 Å². The zero-order chi connectivity index (χ0) is 9.26. The van der Waals surface area contributed by atoms with Gasteiger partial charge in [0.05, 0.1) is 6.04 Å². The fourth-order valence-corrected chi connectivity index (χ4v) is 1.03. The van der Waals surface area contributed by atoms with Crippen LogP contribution in [0.1, 0.15) is 0 Å². The van der Waals surface area contributed by atoms with Crippen LogP contribution in [-0.4, -0.2) is 34.3 Å². The molecule has 1 aliphatic heterocycles. The van der Waals surface area contributed by atoms with E-state index in [1.165, 1.54) is 0 Å². The number of aromatic amines is 2. The van der Waals surface area contributed by atoms with Crippen LogP contribution < -0.4 is 21.9 Å². The average Bonchev–Trinajstić information content (AvgIpc) is 1.99. The fraction of sp³-hybridized carbons (Fsp3) is 0.500. The van der Waals surface area contributed by atoms with Crippen molar-refractivity contribution in [3.63, 3.8) is 0 Å². The summed E-state index contributed by atoms with van der Waals surface area (Å²) in [7, 11) is 0. The zero-order valence-corrected chi connectivity index (χ0v) is 6.76. The standard InChI is InChI=1S/C6H9N5O2/c12-5-4(8-3-1-7-2-3)10-11-6(13)9-5/h3,7H,1-2H2,(H,8,10)(H2,9,11,12,13). The van der Waals surface area contributed by atoms with E-state index in [1.807, 2.05) is 0 Å². The molecule has 0 aromatic carbocycles. The minimum Gasteiger partial charge on any atom is -0.359 e. The van der Waals surface area contributed by atoms with E-state index in [0.29, 0.717) is 0 Å². The number of nitrogens with one attached hydrogen (secondary N) is 4. The number of anilines is 1. The summed E-state index contributed by atoms with van der Waals surface area (Å²) in [5.41, 5.74) is -1.09. The molecule has 7 heteroatoms. The van der Waals surface area contributed by atoms with Gasteiger partial charge in [-0.25, -0.2) is 9.89 Å².